The van der Waals surface area contributed by atoms with Gasteiger partial charge in [-0.25, -0.2) is 9.78 Å². The fourth-order valence-electron chi connectivity index (χ4n) is 1.88. The van der Waals surface area contributed by atoms with E-state index in [2.05, 4.69) is 16.9 Å². The van der Waals surface area contributed by atoms with Crippen molar-refractivity contribution in [2.75, 3.05) is 11.9 Å². The molecule has 2 rings (SSSR count). The number of benzene rings is 1. The number of hydrogen-bond acceptors (Lipinski definition) is 5. The van der Waals surface area contributed by atoms with E-state index in [4.69, 9.17) is 27.9 Å². The summed E-state index contributed by atoms with van der Waals surface area (Å²) in [6.45, 7) is 8.00. The molecule has 0 aliphatic rings. The monoisotopic (exact) mass is 370 g/mol. The molecule has 0 amide bonds. The molecule has 2 aromatic rings. The van der Waals surface area contributed by atoms with Crippen LogP contribution in [0.25, 0.3) is 5.70 Å². The number of rotatable bonds is 6. The summed E-state index contributed by atoms with van der Waals surface area (Å²) in [5.74, 6) is -0.457. The van der Waals surface area contributed by atoms with Crippen LogP contribution in [0.1, 0.15) is 34.9 Å². The molecular formula is C16H16Cl2N2O2S. The standard InChI is InChI=1S/C16H16Cl2N2O2S/c1-4-13-20-14(16(21)22-5-2)15(23-13)19-9(3)11-7-6-10(17)8-12(11)18/h6-8,19H,3-5H2,1-2H3. The second-order valence-electron chi connectivity index (χ2n) is 4.59. The number of ether oxygens (including phenoxy) is 1. The highest BCUT2D eigenvalue weighted by atomic mass is 35.5. The van der Waals surface area contributed by atoms with Gasteiger partial charge in [0.1, 0.15) is 5.00 Å². The average Bonchev–Trinajstić information content (AvgIpc) is 2.90. The number of hydrogen-bond donors (Lipinski definition) is 1. The van der Waals surface area contributed by atoms with E-state index in [1.165, 1.54) is 11.3 Å². The summed E-state index contributed by atoms with van der Waals surface area (Å²) in [7, 11) is 0. The first-order chi connectivity index (χ1) is 11.0. The first-order valence-corrected chi connectivity index (χ1v) is 8.61. The number of nitrogens with one attached hydrogen (secondary N) is 1. The Balaban J connectivity index is 2.29. The van der Waals surface area contributed by atoms with Crippen LogP contribution in [0.15, 0.2) is 24.8 Å². The molecule has 0 spiro atoms. The topological polar surface area (TPSA) is 51.2 Å². The normalized spacial score (nSPS) is 10.4. The van der Waals surface area contributed by atoms with Crippen molar-refractivity contribution in [2.45, 2.75) is 20.3 Å². The lowest BCUT2D eigenvalue weighted by Gasteiger charge is -2.11. The molecule has 0 unspecified atom stereocenters. The van der Waals surface area contributed by atoms with Crippen molar-refractivity contribution in [1.29, 1.82) is 0 Å². The lowest BCUT2D eigenvalue weighted by Crippen LogP contribution is -2.08. The van der Waals surface area contributed by atoms with Crippen molar-refractivity contribution in [2.24, 2.45) is 0 Å². The van der Waals surface area contributed by atoms with Crippen LogP contribution in [-0.2, 0) is 11.2 Å². The largest absolute Gasteiger partial charge is 0.461 e. The third kappa shape index (κ3) is 4.25. The first kappa shape index (κ1) is 17.8. The van der Waals surface area contributed by atoms with E-state index in [1.807, 2.05) is 6.92 Å². The van der Waals surface area contributed by atoms with Crippen LogP contribution in [0.4, 0.5) is 5.00 Å². The van der Waals surface area contributed by atoms with Crippen molar-refractivity contribution in [1.82, 2.24) is 4.98 Å². The number of thiazole rings is 1. The van der Waals surface area contributed by atoms with Gasteiger partial charge in [0, 0.05) is 16.3 Å². The van der Waals surface area contributed by atoms with Gasteiger partial charge >= 0.3 is 5.97 Å². The molecule has 0 radical (unpaired) electrons. The fraction of sp³-hybridized carbons (Fsp3) is 0.250. The van der Waals surface area contributed by atoms with E-state index in [9.17, 15) is 4.79 Å². The summed E-state index contributed by atoms with van der Waals surface area (Å²) < 4.78 is 5.05. The Hall–Kier alpha value is -1.56. The van der Waals surface area contributed by atoms with Gasteiger partial charge in [-0.2, -0.15) is 0 Å². The molecule has 0 aliphatic heterocycles. The zero-order valence-corrected chi connectivity index (χ0v) is 15.1. The maximum atomic E-state index is 12.0. The summed E-state index contributed by atoms with van der Waals surface area (Å²) in [5.41, 5.74) is 1.53. The maximum Gasteiger partial charge on any atom is 0.360 e. The molecule has 4 nitrogen and oxygen atoms in total. The van der Waals surface area contributed by atoms with Gasteiger partial charge < -0.3 is 10.1 Å². The second-order valence-corrected chi connectivity index (χ2v) is 6.51. The Morgan fingerprint density at radius 2 is 2.13 bits per heavy atom. The van der Waals surface area contributed by atoms with E-state index < -0.39 is 5.97 Å². The minimum Gasteiger partial charge on any atom is -0.461 e. The van der Waals surface area contributed by atoms with Crippen LogP contribution in [0.2, 0.25) is 10.0 Å². The summed E-state index contributed by atoms with van der Waals surface area (Å²) >= 11 is 13.5. The summed E-state index contributed by atoms with van der Waals surface area (Å²) in [6.07, 6.45) is 0.729. The Labute approximate surface area is 149 Å². The predicted octanol–water partition coefficient (Wildman–Crippen LogP) is 5.27. The molecule has 1 N–H and O–H groups in total. The Morgan fingerprint density at radius 3 is 2.74 bits per heavy atom. The highest BCUT2D eigenvalue weighted by Crippen LogP contribution is 2.31. The van der Waals surface area contributed by atoms with Crippen LogP contribution >= 0.6 is 34.5 Å². The molecule has 0 atom stereocenters. The van der Waals surface area contributed by atoms with Gasteiger partial charge in [-0.05, 0) is 31.5 Å². The molecule has 122 valence electrons. The molecule has 0 bridgehead atoms. The van der Waals surface area contributed by atoms with E-state index in [1.54, 1.807) is 25.1 Å². The van der Waals surface area contributed by atoms with Crippen LogP contribution in [0, 0.1) is 0 Å². The lowest BCUT2D eigenvalue weighted by molar-refractivity contribution is 0.0521. The molecule has 0 saturated heterocycles. The Morgan fingerprint density at radius 1 is 1.39 bits per heavy atom. The van der Waals surface area contributed by atoms with Crippen LogP contribution in [0.5, 0.6) is 0 Å². The second kappa shape index (κ2) is 7.81. The van der Waals surface area contributed by atoms with Crippen molar-refractivity contribution in [3.05, 3.63) is 51.1 Å². The Bertz CT molecular complexity index is 744. The van der Waals surface area contributed by atoms with Gasteiger partial charge in [-0.1, -0.05) is 36.7 Å². The summed E-state index contributed by atoms with van der Waals surface area (Å²) in [6, 6.07) is 5.14. The van der Waals surface area contributed by atoms with Gasteiger partial charge in [0.2, 0.25) is 0 Å². The molecule has 0 fully saturated rings. The van der Waals surface area contributed by atoms with Crippen molar-refractivity contribution >= 4 is 51.2 Å². The number of halogens is 2. The molecule has 23 heavy (non-hydrogen) atoms. The third-order valence-corrected chi connectivity index (χ3v) is 4.63. The predicted molar refractivity (Wildman–Crippen MR) is 96.6 cm³/mol. The SMILES string of the molecule is C=C(Nc1sc(CC)nc1C(=O)OCC)c1ccc(Cl)cc1Cl. The minimum absolute atomic E-state index is 0.264. The number of aromatic nitrogens is 1. The lowest BCUT2D eigenvalue weighted by atomic mass is 10.2. The van der Waals surface area contributed by atoms with Crippen LogP contribution < -0.4 is 5.32 Å². The van der Waals surface area contributed by atoms with E-state index >= 15 is 0 Å². The van der Waals surface area contributed by atoms with Gasteiger partial charge in [0.25, 0.3) is 0 Å². The van der Waals surface area contributed by atoms with E-state index in [0.717, 1.165) is 11.4 Å². The van der Waals surface area contributed by atoms with Crippen molar-refractivity contribution < 1.29 is 9.53 Å². The summed E-state index contributed by atoms with van der Waals surface area (Å²) in [4.78, 5) is 16.3. The van der Waals surface area contributed by atoms with Gasteiger partial charge in [-0.3, -0.25) is 0 Å². The molecule has 0 saturated carbocycles. The van der Waals surface area contributed by atoms with Crippen LogP contribution in [0.3, 0.4) is 0 Å². The zero-order chi connectivity index (χ0) is 17.0. The van der Waals surface area contributed by atoms with Crippen molar-refractivity contribution in [3.8, 4) is 0 Å². The molecule has 1 heterocycles. The number of anilines is 1. The highest BCUT2D eigenvalue weighted by molar-refractivity contribution is 7.16. The molecule has 1 aromatic carbocycles. The quantitative estimate of drug-likeness (QED) is 0.703. The van der Waals surface area contributed by atoms with E-state index in [-0.39, 0.29) is 5.69 Å². The number of esters is 1. The fourth-order valence-corrected chi connectivity index (χ4v) is 3.32. The third-order valence-electron chi connectivity index (χ3n) is 2.96. The zero-order valence-electron chi connectivity index (χ0n) is 12.8. The maximum absolute atomic E-state index is 12.0. The Kier molecular flexibility index (Phi) is 6.04. The average molecular weight is 371 g/mol. The van der Waals surface area contributed by atoms with Gasteiger partial charge in [-0.15, -0.1) is 11.3 Å². The molecular weight excluding hydrogens is 355 g/mol. The first-order valence-electron chi connectivity index (χ1n) is 7.04. The highest BCUT2D eigenvalue weighted by Gasteiger charge is 2.20. The number of carbonyl (C=O) groups is 1. The molecule has 0 aliphatic carbocycles. The number of carbonyl (C=O) groups excluding carboxylic acids is 1. The minimum atomic E-state index is -0.457. The summed E-state index contributed by atoms with van der Waals surface area (Å²) in [5, 5.41) is 5.57. The van der Waals surface area contributed by atoms with Crippen LogP contribution in [-0.4, -0.2) is 17.6 Å². The van der Waals surface area contributed by atoms with Gasteiger partial charge in [0.15, 0.2) is 5.69 Å². The smallest absolute Gasteiger partial charge is 0.360 e. The molecule has 7 heteroatoms. The number of nitrogens with zero attached hydrogens (tertiary/aromatic N) is 1. The van der Waals surface area contributed by atoms with E-state index in [0.29, 0.717) is 32.9 Å². The number of aryl methyl sites for hydroxylation is 1. The van der Waals surface area contributed by atoms with Gasteiger partial charge in [0.05, 0.1) is 16.6 Å². The van der Waals surface area contributed by atoms with Crippen molar-refractivity contribution in [3.63, 3.8) is 0 Å². The molecule has 1 aromatic heterocycles.